The Kier molecular flexibility index (Phi) is 14.9. The van der Waals surface area contributed by atoms with E-state index in [-0.39, 0.29) is 24.2 Å². The number of nitrogens with two attached hydrogens (primary N) is 2. The molecule has 0 radical (unpaired) electrons. The molecule has 1 heterocycles. The Morgan fingerprint density at radius 2 is 1.92 bits per heavy atom. The van der Waals surface area contributed by atoms with E-state index in [1.807, 2.05) is 55.5 Å². The molecule has 2 aromatic carbocycles. The zero-order valence-corrected chi connectivity index (χ0v) is 22.7. The number of nitriles is 1. The third-order valence-electron chi connectivity index (χ3n) is 6.04. The highest BCUT2D eigenvalue weighted by Crippen LogP contribution is 2.27. The molecule has 0 saturated carbocycles. The third-order valence-corrected chi connectivity index (χ3v) is 6.04. The predicted octanol–water partition coefficient (Wildman–Crippen LogP) is 3.24. The van der Waals surface area contributed by atoms with E-state index in [1.54, 1.807) is 6.07 Å². The Hall–Kier alpha value is -3.78. The van der Waals surface area contributed by atoms with Crippen molar-refractivity contribution in [3.05, 3.63) is 102 Å². The average molecular weight is 532 g/mol. The molecule has 1 fully saturated rings. The van der Waals surface area contributed by atoms with Crippen molar-refractivity contribution in [3.8, 4) is 11.8 Å². The lowest BCUT2D eigenvalue weighted by atomic mass is 10.0. The molecule has 0 aromatic heterocycles. The van der Waals surface area contributed by atoms with Crippen LogP contribution in [0.2, 0.25) is 0 Å². The molecule has 1 atom stereocenters. The number of phenolic OH excluding ortho intramolecular Hbond substituents is 1. The van der Waals surface area contributed by atoms with E-state index in [1.165, 1.54) is 5.56 Å². The number of hydrazine groups is 1. The van der Waals surface area contributed by atoms with Gasteiger partial charge in [-0.05, 0) is 30.2 Å². The fraction of sp³-hybridized carbons (Fsp3) is 0.333. The zero-order chi connectivity index (χ0) is 28.3. The number of aromatic hydroxyl groups is 1. The van der Waals surface area contributed by atoms with Gasteiger partial charge >= 0.3 is 0 Å². The lowest BCUT2D eigenvalue weighted by Crippen LogP contribution is -2.46. The van der Waals surface area contributed by atoms with Gasteiger partial charge in [0.1, 0.15) is 18.2 Å². The smallest absolute Gasteiger partial charge is 0.133 e. The maximum Gasteiger partial charge on any atom is 0.133 e. The van der Waals surface area contributed by atoms with Crippen molar-refractivity contribution >= 4 is 5.84 Å². The van der Waals surface area contributed by atoms with E-state index in [4.69, 9.17) is 27.0 Å². The lowest BCUT2D eigenvalue weighted by molar-refractivity contribution is 0.107. The van der Waals surface area contributed by atoms with Crippen LogP contribution in [0, 0.1) is 16.7 Å². The van der Waals surface area contributed by atoms with Crippen molar-refractivity contribution in [3.63, 3.8) is 0 Å². The first-order chi connectivity index (χ1) is 19.0. The zero-order valence-electron chi connectivity index (χ0n) is 22.7. The third kappa shape index (κ3) is 12.1. The SMILES string of the molecule is C\C=C/C(=C\C=C\C(c1cccc(O)c1)N1CCN(Cc2ccccc2)CC1)C(=N)N.N#CCOCCNN. The van der Waals surface area contributed by atoms with Crippen molar-refractivity contribution in [2.45, 2.75) is 19.5 Å². The van der Waals surface area contributed by atoms with E-state index in [0.717, 1.165) is 38.3 Å². The summed E-state index contributed by atoms with van der Waals surface area (Å²) in [6.07, 6.45) is 9.65. The van der Waals surface area contributed by atoms with Gasteiger partial charge in [0.2, 0.25) is 0 Å². The summed E-state index contributed by atoms with van der Waals surface area (Å²) in [6, 6.07) is 19.9. The second-order valence-electron chi connectivity index (χ2n) is 8.92. The van der Waals surface area contributed by atoms with Crippen molar-refractivity contribution in [1.82, 2.24) is 15.2 Å². The van der Waals surface area contributed by atoms with Gasteiger partial charge in [0.15, 0.2) is 0 Å². The van der Waals surface area contributed by atoms with E-state index in [2.05, 4.69) is 51.6 Å². The van der Waals surface area contributed by atoms with Gasteiger partial charge in [-0.1, -0.05) is 72.8 Å². The Morgan fingerprint density at radius 3 is 2.54 bits per heavy atom. The van der Waals surface area contributed by atoms with Crippen molar-refractivity contribution in [1.29, 1.82) is 10.7 Å². The summed E-state index contributed by atoms with van der Waals surface area (Å²) in [5.74, 6) is 5.22. The van der Waals surface area contributed by atoms with E-state index >= 15 is 0 Å². The van der Waals surface area contributed by atoms with E-state index < -0.39 is 0 Å². The standard InChI is InChI=1S/C26H32N4O.C4H9N3O/c1-2-8-22(26(27)28)11-7-14-25(23-12-6-13-24(31)19-23)30-17-15-29(16-18-30)20-21-9-4-3-5-10-21;5-1-3-8-4-2-7-6/h2-14,19,25,31H,15-18,20H2,1H3,(H3,27,28);7H,2-4,6H2/b8-2-,14-7+,22-11+;. The normalized spacial score (nSPS) is 15.6. The first-order valence-electron chi connectivity index (χ1n) is 13.0. The quantitative estimate of drug-likeness (QED) is 0.0700. The van der Waals surface area contributed by atoms with Gasteiger partial charge in [-0.25, -0.2) is 0 Å². The second kappa shape index (κ2) is 18.5. The summed E-state index contributed by atoms with van der Waals surface area (Å²) >= 11 is 0. The Balaban J connectivity index is 0.000000580. The largest absolute Gasteiger partial charge is 0.508 e. The van der Waals surface area contributed by atoms with Gasteiger partial charge < -0.3 is 15.6 Å². The number of hydrogen-bond donors (Lipinski definition) is 5. The van der Waals surface area contributed by atoms with Gasteiger partial charge in [0.05, 0.1) is 18.7 Å². The molecular formula is C30H41N7O2. The molecule has 9 nitrogen and oxygen atoms in total. The number of nitrogens with one attached hydrogen (secondary N) is 2. The molecule has 1 saturated heterocycles. The summed E-state index contributed by atoms with van der Waals surface area (Å²) in [7, 11) is 0. The number of amidine groups is 1. The maximum atomic E-state index is 10.0. The highest BCUT2D eigenvalue weighted by atomic mass is 16.5. The number of ether oxygens (including phenoxy) is 1. The predicted molar refractivity (Wildman–Crippen MR) is 157 cm³/mol. The van der Waals surface area contributed by atoms with Crippen LogP contribution in [0.4, 0.5) is 0 Å². The van der Waals surface area contributed by atoms with Crippen LogP contribution < -0.4 is 17.0 Å². The van der Waals surface area contributed by atoms with Gasteiger partial charge in [0.25, 0.3) is 0 Å². The number of rotatable bonds is 12. The summed E-state index contributed by atoms with van der Waals surface area (Å²) in [6.45, 7) is 7.95. The highest BCUT2D eigenvalue weighted by Gasteiger charge is 2.23. The van der Waals surface area contributed by atoms with Crippen LogP contribution in [0.5, 0.6) is 5.75 Å². The first kappa shape index (κ1) is 31.4. The first-order valence-corrected chi connectivity index (χ1v) is 13.0. The fourth-order valence-corrected chi connectivity index (χ4v) is 4.12. The van der Waals surface area contributed by atoms with Gasteiger partial charge in [-0.3, -0.25) is 26.5 Å². The van der Waals surface area contributed by atoms with Crippen molar-refractivity contribution < 1.29 is 9.84 Å². The molecule has 1 aliphatic rings. The number of piperazine rings is 1. The van der Waals surface area contributed by atoms with Crippen LogP contribution in [-0.4, -0.2) is 66.7 Å². The van der Waals surface area contributed by atoms with Crippen LogP contribution in [0.1, 0.15) is 24.1 Å². The average Bonchev–Trinajstić information content (AvgIpc) is 2.94. The number of nitrogens with zero attached hydrogens (tertiary/aromatic N) is 3. The maximum absolute atomic E-state index is 10.0. The summed E-state index contributed by atoms with van der Waals surface area (Å²) in [5, 5.41) is 25.7. The van der Waals surface area contributed by atoms with Crippen molar-refractivity contribution in [2.24, 2.45) is 11.6 Å². The van der Waals surface area contributed by atoms with Gasteiger partial charge in [-0.15, -0.1) is 0 Å². The van der Waals surface area contributed by atoms with Crippen LogP contribution in [0.15, 0.2) is 90.6 Å². The Bertz CT molecular complexity index is 1120. The minimum atomic E-state index is 0.0426. The minimum Gasteiger partial charge on any atom is -0.508 e. The second-order valence-corrected chi connectivity index (χ2v) is 8.92. The monoisotopic (exact) mass is 531 g/mol. The molecule has 1 unspecified atom stereocenters. The van der Waals surface area contributed by atoms with Crippen LogP contribution in [-0.2, 0) is 11.3 Å². The molecule has 0 aliphatic carbocycles. The summed E-state index contributed by atoms with van der Waals surface area (Å²) < 4.78 is 4.72. The molecule has 208 valence electrons. The Labute approximate surface area is 232 Å². The van der Waals surface area contributed by atoms with Gasteiger partial charge in [-0.2, -0.15) is 5.26 Å². The molecule has 1 aliphatic heterocycles. The van der Waals surface area contributed by atoms with E-state index in [0.29, 0.717) is 18.7 Å². The molecule has 0 spiro atoms. The molecule has 9 heteroatoms. The fourth-order valence-electron chi connectivity index (χ4n) is 4.12. The molecular weight excluding hydrogens is 490 g/mol. The number of phenols is 1. The van der Waals surface area contributed by atoms with Crippen LogP contribution in [0.3, 0.4) is 0 Å². The molecule has 39 heavy (non-hydrogen) atoms. The lowest BCUT2D eigenvalue weighted by Gasteiger charge is -2.38. The Morgan fingerprint density at radius 1 is 1.18 bits per heavy atom. The van der Waals surface area contributed by atoms with E-state index in [9.17, 15) is 5.11 Å². The summed E-state index contributed by atoms with van der Waals surface area (Å²) in [4.78, 5) is 4.92. The molecule has 2 aromatic rings. The molecule has 7 N–H and O–H groups in total. The minimum absolute atomic E-state index is 0.0426. The molecule has 3 rings (SSSR count). The number of allylic oxidation sites excluding steroid dienone is 3. The van der Waals surface area contributed by atoms with Crippen LogP contribution >= 0.6 is 0 Å². The van der Waals surface area contributed by atoms with Crippen molar-refractivity contribution in [2.75, 3.05) is 45.9 Å². The highest BCUT2D eigenvalue weighted by molar-refractivity contribution is 5.97. The topological polar surface area (TPSA) is 148 Å². The number of hydrogen-bond acceptors (Lipinski definition) is 8. The summed E-state index contributed by atoms with van der Waals surface area (Å²) in [5.41, 5.74) is 11.1. The molecule has 0 bridgehead atoms. The van der Waals surface area contributed by atoms with Gasteiger partial charge in [0, 0.05) is 44.8 Å². The molecule has 0 amide bonds. The number of benzene rings is 2. The van der Waals surface area contributed by atoms with Crippen LogP contribution in [0.25, 0.3) is 0 Å².